The molecule has 4 heteroatoms. The highest BCUT2D eigenvalue weighted by molar-refractivity contribution is 5.66. The first-order valence-electron chi connectivity index (χ1n) is 4.57. The van der Waals surface area contributed by atoms with Gasteiger partial charge in [-0.1, -0.05) is 6.07 Å². The molecule has 3 nitrogen and oxygen atoms in total. The monoisotopic (exact) mass is 206 g/mol. The average molecular weight is 206 g/mol. The van der Waals surface area contributed by atoms with Crippen molar-refractivity contribution in [3.05, 3.63) is 48.2 Å². The summed E-state index contributed by atoms with van der Waals surface area (Å²) in [5, 5.41) is 2.89. The summed E-state index contributed by atoms with van der Waals surface area (Å²) in [6, 6.07) is 8.17. The Kier molecular flexibility index (Phi) is 2.58. The molecular weight excluding hydrogens is 195 g/mol. The maximum atomic E-state index is 13.3. The van der Waals surface area contributed by atoms with E-state index in [4.69, 9.17) is 10.2 Å². The zero-order chi connectivity index (χ0) is 10.7. The fraction of sp³-hybridized carbons (Fsp3) is 0.0909. The first kappa shape index (κ1) is 9.58. The van der Waals surface area contributed by atoms with Crippen LogP contribution in [0.4, 0.5) is 15.8 Å². The van der Waals surface area contributed by atoms with Crippen LogP contribution in [0.5, 0.6) is 0 Å². The van der Waals surface area contributed by atoms with Crippen molar-refractivity contribution in [3.8, 4) is 0 Å². The number of anilines is 2. The molecule has 0 unspecified atom stereocenters. The van der Waals surface area contributed by atoms with Crippen LogP contribution in [-0.4, -0.2) is 0 Å². The van der Waals surface area contributed by atoms with Gasteiger partial charge in [0.2, 0.25) is 0 Å². The van der Waals surface area contributed by atoms with Crippen molar-refractivity contribution in [3.63, 3.8) is 0 Å². The minimum Gasteiger partial charge on any atom is -0.467 e. The molecule has 0 bridgehead atoms. The molecule has 2 aromatic rings. The smallest absolute Gasteiger partial charge is 0.148 e. The Bertz CT molecular complexity index is 420. The fourth-order valence-electron chi connectivity index (χ4n) is 1.32. The van der Waals surface area contributed by atoms with E-state index in [0.717, 1.165) is 5.76 Å². The summed E-state index contributed by atoms with van der Waals surface area (Å²) in [6.45, 7) is 0.415. The molecule has 0 aliphatic rings. The Labute approximate surface area is 86.7 Å². The van der Waals surface area contributed by atoms with E-state index in [1.807, 2.05) is 6.07 Å². The van der Waals surface area contributed by atoms with E-state index in [1.165, 1.54) is 6.07 Å². The predicted molar refractivity (Wildman–Crippen MR) is 56.8 cm³/mol. The number of furan rings is 1. The molecule has 15 heavy (non-hydrogen) atoms. The minimum atomic E-state index is -0.360. The number of rotatable bonds is 3. The molecule has 0 spiro atoms. The number of nitrogens with two attached hydrogens (primary N) is 1. The number of hydrogen-bond acceptors (Lipinski definition) is 3. The van der Waals surface area contributed by atoms with Gasteiger partial charge in [-0.05, 0) is 24.3 Å². The zero-order valence-corrected chi connectivity index (χ0v) is 8.03. The summed E-state index contributed by atoms with van der Waals surface area (Å²) in [7, 11) is 0. The Morgan fingerprint density at radius 2 is 2.13 bits per heavy atom. The van der Waals surface area contributed by atoms with Crippen molar-refractivity contribution < 1.29 is 8.81 Å². The van der Waals surface area contributed by atoms with E-state index < -0.39 is 0 Å². The number of benzene rings is 1. The molecule has 0 saturated carbocycles. The first-order chi connectivity index (χ1) is 7.27. The number of hydrogen-bond donors (Lipinski definition) is 2. The maximum absolute atomic E-state index is 13.3. The molecule has 1 aromatic heterocycles. The van der Waals surface area contributed by atoms with Gasteiger partial charge in [0, 0.05) is 0 Å². The van der Waals surface area contributed by atoms with Crippen LogP contribution in [0.2, 0.25) is 0 Å². The van der Waals surface area contributed by atoms with Gasteiger partial charge < -0.3 is 15.5 Å². The van der Waals surface area contributed by atoms with Gasteiger partial charge in [0.1, 0.15) is 11.6 Å². The Morgan fingerprint density at radius 1 is 1.27 bits per heavy atom. The van der Waals surface area contributed by atoms with Crippen LogP contribution in [0.25, 0.3) is 0 Å². The summed E-state index contributed by atoms with van der Waals surface area (Å²) in [5.41, 5.74) is 6.33. The van der Waals surface area contributed by atoms with Gasteiger partial charge in [0.25, 0.3) is 0 Å². The average Bonchev–Trinajstić information content (AvgIpc) is 2.70. The second-order valence-corrected chi connectivity index (χ2v) is 3.14. The van der Waals surface area contributed by atoms with Crippen molar-refractivity contribution in [2.24, 2.45) is 0 Å². The van der Waals surface area contributed by atoms with E-state index in [-0.39, 0.29) is 5.82 Å². The molecule has 0 saturated heterocycles. The number of halogens is 1. The van der Waals surface area contributed by atoms with Crippen molar-refractivity contribution in [2.75, 3.05) is 11.1 Å². The van der Waals surface area contributed by atoms with Gasteiger partial charge in [0.15, 0.2) is 0 Å². The van der Waals surface area contributed by atoms with E-state index in [1.54, 1.807) is 24.5 Å². The Balaban J connectivity index is 2.11. The topological polar surface area (TPSA) is 51.2 Å². The lowest BCUT2D eigenvalue weighted by Crippen LogP contribution is -2.03. The van der Waals surface area contributed by atoms with Gasteiger partial charge in [-0.3, -0.25) is 0 Å². The highest BCUT2D eigenvalue weighted by Gasteiger charge is 2.05. The van der Waals surface area contributed by atoms with Crippen LogP contribution >= 0.6 is 0 Å². The zero-order valence-electron chi connectivity index (χ0n) is 8.03. The quantitative estimate of drug-likeness (QED) is 0.759. The van der Waals surface area contributed by atoms with Gasteiger partial charge in [0.05, 0.1) is 24.2 Å². The third-order valence-corrected chi connectivity index (χ3v) is 2.07. The molecule has 0 amide bonds. The molecule has 0 aliphatic carbocycles. The van der Waals surface area contributed by atoms with Crippen LogP contribution in [-0.2, 0) is 6.54 Å². The molecular formula is C11H11FN2O. The molecule has 0 fully saturated rings. The molecule has 1 aromatic carbocycles. The standard InChI is InChI=1S/C11H11FN2O/c12-9-4-1-5-10(13)11(9)14-7-8-3-2-6-15-8/h1-6,14H,7,13H2. The largest absolute Gasteiger partial charge is 0.467 e. The summed E-state index contributed by atoms with van der Waals surface area (Å²) >= 11 is 0. The van der Waals surface area contributed by atoms with Crippen molar-refractivity contribution >= 4 is 11.4 Å². The van der Waals surface area contributed by atoms with Crippen LogP contribution in [0.3, 0.4) is 0 Å². The van der Waals surface area contributed by atoms with E-state index in [9.17, 15) is 4.39 Å². The minimum absolute atomic E-state index is 0.314. The molecule has 0 aliphatic heterocycles. The van der Waals surface area contributed by atoms with E-state index >= 15 is 0 Å². The lowest BCUT2D eigenvalue weighted by atomic mass is 10.2. The van der Waals surface area contributed by atoms with Crippen molar-refractivity contribution in [2.45, 2.75) is 6.54 Å². The van der Waals surface area contributed by atoms with Gasteiger partial charge in [-0.25, -0.2) is 4.39 Å². The number of nitrogen functional groups attached to an aromatic ring is 1. The first-order valence-corrected chi connectivity index (χ1v) is 4.57. The molecule has 2 rings (SSSR count). The molecule has 1 heterocycles. The summed E-state index contributed by atoms with van der Waals surface area (Å²) < 4.78 is 18.4. The second kappa shape index (κ2) is 4.04. The third kappa shape index (κ3) is 2.10. The van der Waals surface area contributed by atoms with Gasteiger partial charge >= 0.3 is 0 Å². The molecule has 0 radical (unpaired) electrons. The highest BCUT2D eigenvalue weighted by atomic mass is 19.1. The van der Waals surface area contributed by atoms with E-state index in [2.05, 4.69) is 5.32 Å². The summed E-state index contributed by atoms with van der Waals surface area (Å²) in [5.74, 6) is 0.374. The van der Waals surface area contributed by atoms with Gasteiger partial charge in [-0.15, -0.1) is 0 Å². The molecule has 0 atom stereocenters. The number of nitrogens with one attached hydrogen (secondary N) is 1. The lowest BCUT2D eigenvalue weighted by molar-refractivity contribution is 0.517. The highest BCUT2D eigenvalue weighted by Crippen LogP contribution is 2.22. The molecule has 3 N–H and O–H groups in total. The maximum Gasteiger partial charge on any atom is 0.148 e. The van der Waals surface area contributed by atoms with Crippen molar-refractivity contribution in [1.82, 2.24) is 0 Å². The van der Waals surface area contributed by atoms with Crippen LogP contribution in [0, 0.1) is 5.82 Å². The Morgan fingerprint density at radius 3 is 2.80 bits per heavy atom. The van der Waals surface area contributed by atoms with E-state index in [0.29, 0.717) is 17.9 Å². The third-order valence-electron chi connectivity index (χ3n) is 2.07. The van der Waals surface area contributed by atoms with Crippen molar-refractivity contribution in [1.29, 1.82) is 0 Å². The Hall–Kier alpha value is -1.97. The second-order valence-electron chi connectivity index (χ2n) is 3.14. The number of para-hydroxylation sites is 1. The predicted octanol–water partition coefficient (Wildman–Crippen LogP) is 2.61. The van der Waals surface area contributed by atoms with Crippen LogP contribution in [0.15, 0.2) is 41.0 Å². The fourth-order valence-corrected chi connectivity index (χ4v) is 1.32. The van der Waals surface area contributed by atoms with Gasteiger partial charge in [-0.2, -0.15) is 0 Å². The van der Waals surface area contributed by atoms with Crippen LogP contribution < -0.4 is 11.1 Å². The normalized spacial score (nSPS) is 10.2. The lowest BCUT2D eigenvalue weighted by Gasteiger charge is -2.08. The SMILES string of the molecule is Nc1cccc(F)c1NCc1ccco1. The summed E-state index contributed by atoms with van der Waals surface area (Å²) in [6.07, 6.45) is 1.57. The molecule has 78 valence electrons. The van der Waals surface area contributed by atoms with Crippen LogP contribution in [0.1, 0.15) is 5.76 Å². The summed E-state index contributed by atoms with van der Waals surface area (Å²) in [4.78, 5) is 0.